The topological polar surface area (TPSA) is 90.2 Å². The molecule has 0 aliphatic carbocycles. The Balaban J connectivity index is 2.67. The van der Waals surface area contributed by atoms with Crippen LogP contribution in [-0.2, 0) is 4.74 Å². The van der Waals surface area contributed by atoms with Crippen molar-refractivity contribution in [3.63, 3.8) is 0 Å². The third-order valence-corrected chi connectivity index (χ3v) is 2.50. The molecule has 0 amide bonds. The fraction of sp³-hybridized carbons (Fsp3) is 1.00. The summed E-state index contributed by atoms with van der Waals surface area (Å²) in [7, 11) is 0. The Bertz CT molecular complexity index is 212. The molecule has 0 spiro atoms. The van der Waals surface area contributed by atoms with Gasteiger partial charge in [0.15, 0.2) is 6.29 Å². The Morgan fingerprint density at radius 2 is 1.47 bits per heavy atom. The van der Waals surface area contributed by atoms with Gasteiger partial charge in [-0.2, -0.15) is 0 Å². The Hall–Kier alpha value is -0.200. The van der Waals surface area contributed by atoms with Crippen LogP contribution in [0.2, 0.25) is 0 Å². The highest BCUT2D eigenvalue weighted by Gasteiger charge is 2.43. The summed E-state index contributed by atoms with van der Waals surface area (Å²) in [5.41, 5.74) is -0.0899. The van der Waals surface area contributed by atoms with Gasteiger partial charge in [0.2, 0.25) is 0 Å². The van der Waals surface area contributed by atoms with Gasteiger partial charge >= 0.3 is 0 Å². The molecule has 5 nitrogen and oxygen atoms in total. The average Bonchev–Trinajstić information content (AvgIpc) is 2.08. The molecule has 1 heterocycles. The molecular formula is C10H20O5. The molecule has 0 aromatic rings. The second-order valence-corrected chi connectivity index (χ2v) is 5.30. The van der Waals surface area contributed by atoms with E-state index in [1.807, 2.05) is 20.8 Å². The molecule has 0 saturated carbocycles. The SMILES string of the molecule is CC(C)(C)CC1OC(O)[C@H](O)C(O)[C@@H]1O. The molecule has 5 atom stereocenters. The molecule has 1 aliphatic rings. The average molecular weight is 220 g/mol. The van der Waals surface area contributed by atoms with Crippen molar-refractivity contribution in [2.24, 2.45) is 5.41 Å². The van der Waals surface area contributed by atoms with E-state index in [1.165, 1.54) is 0 Å². The minimum absolute atomic E-state index is 0.0899. The Labute approximate surface area is 89.3 Å². The predicted octanol–water partition coefficient (Wildman–Crippen LogP) is -0.778. The summed E-state index contributed by atoms with van der Waals surface area (Å²) in [6, 6.07) is 0. The van der Waals surface area contributed by atoms with E-state index in [2.05, 4.69) is 0 Å². The van der Waals surface area contributed by atoms with E-state index in [0.29, 0.717) is 6.42 Å². The predicted molar refractivity (Wildman–Crippen MR) is 53.0 cm³/mol. The van der Waals surface area contributed by atoms with E-state index in [4.69, 9.17) is 4.74 Å². The minimum Gasteiger partial charge on any atom is -0.388 e. The van der Waals surface area contributed by atoms with Crippen molar-refractivity contribution in [2.75, 3.05) is 0 Å². The zero-order chi connectivity index (χ0) is 11.8. The number of aliphatic hydroxyl groups excluding tert-OH is 4. The standard InChI is InChI=1S/C10H20O5/c1-10(2,3)4-5-6(11)7(12)8(13)9(14)15-5/h5-9,11-14H,4H2,1-3H3/t5?,6-,7?,8-,9?/m1/s1. The maximum atomic E-state index is 9.64. The molecule has 5 heteroatoms. The zero-order valence-corrected chi connectivity index (χ0v) is 9.29. The molecule has 0 radical (unpaired) electrons. The molecule has 90 valence electrons. The Morgan fingerprint density at radius 3 is 1.93 bits per heavy atom. The van der Waals surface area contributed by atoms with E-state index in [9.17, 15) is 20.4 Å². The Morgan fingerprint density at radius 1 is 0.933 bits per heavy atom. The van der Waals surface area contributed by atoms with Crippen LogP contribution < -0.4 is 0 Å². The molecule has 15 heavy (non-hydrogen) atoms. The molecule has 0 bridgehead atoms. The van der Waals surface area contributed by atoms with Gasteiger partial charge in [-0.25, -0.2) is 0 Å². The van der Waals surface area contributed by atoms with Crippen molar-refractivity contribution >= 4 is 0 Å². The molecule has 3 unspecified atom stereocenters. The first-order valence-electron chi connectivity index (χ1n) is 5.10. The lowest BCUT2D eigenvalue weighted by Crippen LogP contribution is -2.58. The molecule has 0 aromatic carbocycles. The fourth-order valence-electron chi connectivity index (χ4n) is 1.70. The highest BCUT2D eigenvalue weighted by molar-refractivity contribution is 4.90. The van der Waals surface area contributed by atoms with Crippen molar-refractivity contribution in [3.8, 4) is 0 Å². The van der Waals surface area contributed by atoms with Gasteiger partial charge in [-0.15, -0.1) is 0 Å². The van der Waals surface area contributed by atoms with Gasteiger partial charge in [-0.1, -0.05) is 20.8 Å². The van der Waals surface area contributed by atoms with Crippen LogP contribution in [0.5, 0.6) is 0 Å². The second-order valence-electron chi connectivity index (χ2n) is 5.30. The number of rotatable bonds is 1. The number of hydrogen-bond donors (Lipinski definition) is 4. The van der Waals surface area contributed by atoms with Crippen LogP contribution in [0, 0.1) is 5.41 Å². The third kappa shape index (κ3) is 3.12. The minimum atomic E-state index is -1.45. The van der Waals surface area contributed by atoms with Crippen LogP contribution in [0.1, 0.15) is 27.2 Å². The van der Waals surface area contributed by atoms with Gasteiger partial charge in [0.1, 0.15) is 18.3 Å². The molecule has 4 N–H and O–H groups in total. The van der Waals surface area contributed by atoms with Crippen LogP contribution >= 0.6 is 0 Å². The smallest absolute Gasteiger partial charge is 0.183 e. The Kier molecular flexibility index (Phi) is 3.73. The van der Waals surface area contributed by atoms with Crippen molar-refractivity contribution in [1.82, 2.24) is 0 Å². The number of aliphatic hydroxyl groups is 4. The molecule has 1 rings (SSSR count). The van der Waals surface area contributed by atoms with Gasteiger partial charge in [-0.3, -0.25) is 0 Å². The van der Waals surface area contributed by atoms with Gasteiger partial charge in [-0.05, 0) is 11.8 Å². The van der Waals surface area contributed by atoms with E-state index >= 15 is 0 Å². The number of hydrogen-bond acceptors (Lipinski definition) is 5. The number of ether oxygens (including phenoxy) is 1. The van der Waals surface area contributed by atoms with Gasteiger partial charge < -0.3 is 25.2 Å². The lowest BCUT2D eigenvalue weighted by atomic mass is 9.84. The molecule has 1 fully saturated rings. The lowest BCUT2D eigenvalue weighted by molar-refractivity contribution is -0.285. The summed E-state index contributed by atoms with van der Waals surface area (Å²) in [6.07, 6.45) is -5.57. The molecule has 0 aromatic heterocycles. The molecule has 1 aliphatic heterocycles. The normalized spacial score (nSPS) is 43.0. The van der Waals surface area contributed by atoms with Crippen molar-refractivity contribution in [3.05, 3.63) is 0 Å². The molecular weight excluding hydrogens is 200 g/mol. The van der Waals surface area contributed by atoms with Crippen LogP contribution in [0.25, 0.3) is 0 Å². The van der Waals surface area contributed by atoms with E-state index in [-0.39, 0.29) is 5.41 Å². The summed E-state index contributed by atoms with van der Waals surface area (Å²) >= 11 is 0. The third-order valence-electron chi connectivity index (χ3n) is 2.50. The summed E-state index contributed by atoms with van der Waals surface area (Å²) in [4.78, 5) is 0. The maximum absolute atomic E-state index is 9.64. The van der Waals surface area contributed by atoms with Gasteiger partial charge in [0, 0.05) is 0 Å². The summed E-state index contributed by atoms with van der Waals surface area (Å²) < 4.78 is 5.05. The van der Waals surface area contributed by atoms with Crippen LogP contribution in [0.4, 0.5) is 0 Å². The first-order chi connectivity index (χ1) is 6.72. The maximum Gasteiger partial charge on any atom is 0.183 e. The summed E-state index contributed by atoms with van der Waals surface area (Å²) in [5.74, 6) is 0. The fourth-order valence-corrected chi connectivity index (χ4v) is 1.70. The van der Waals surface area contributed by atoms with Crippen molar-refractivity contribution < 1.29 is 25.2 Å². The molecule has 1 saturated heterocycles. The van der Waals surface area contributed by atoms with E-state index in [1.54, 1.807) is 0 Å². The van der Waals surface area contributed by atoms with E-state index < -0.39 is 30.7 Å². The van der Waals surface area contributed by atoms with Gasteiger partial charge in [0.25, 0.3) is 0 Å². The first kappa shape index (κ1) is 12.9. The highest BCUT2D eigenvalue weighted by Crippen LogP contribution is 2.29. The quantitative estimate of drug-likeness (QED) is 0.465. The zero-order valence-electron chi connectivity index (χ0n) is 9.29. The second kappa shape index (κ2) is 4.35. The van der Waals surface area contributed by atoms with E-state index in [0.717, 1.165) is 0 Å². The van der Waals surface area contributed by atoms with Crippen LogP contribution in [0.3, 0.4) is 0 Å². The van der Waals surface area contributed by atoms with Crippen LogP contribution in [-0.4, -0.2) is 51.1 Å². The summed E-state index contributed by atoms with van der Waals surface area (Å²) in [6.45, 7) is 5.90. The van der Waals surface area contributed by atoms with Crippen molar-refractivity contribution in [1.29, 1.82) is 0 Å². The van der Waals surface area contributed by atoms with Gasteiger partial charge in [0.05, 0.1) is 6.10 Å². The van der Waals surface area contributed by atoms with Crippen LogP contribution in [0.15, 0.2) is 0 Å². The monoisotopic (exact) mass is 220 g/mol. The first-order valence-corrected chi connectivity index (χ1v) is 5.10. The largest absolute Gasteiger partial charge is 0.388 e. The highest BCUT2D eigenvalue weighted by atomic mass is 16.6. The summed E-state index contributed by atoms with van der Waals surface area (Å²) in [5, 5.41) is 37.6. The lowest BCUT2D eigenvalue weighted by Gasteiger charge is -2.40. The van der Waals surface area contributed by atoms with Crippen molar-refractivity contribution in [2.45, 2.75) is 57.9 Å².